The molecular formula is C20H23F5N2O. The molecule has 1 atom stereocenters. The van der Waals surface area contributed by atoms with Crippen molar-refractivity contribution in [1.82, 2.24) is 4.98 Å². The lowest BCUT2D eigenvalue weighted by molar-refractivity contribution is 0.115. The van der Waals surface area contributed by atoms with E-state index in [0.29, 0.717) is 5.56 Å². The van der Waals surface area contributed by atoms with Crippen molar-refractivity contribution in [2.24, 2.45) is 5.73 Å². The molecule has 2 heterocycles. The largest absolute Gasteiger partial charge is 0.490 e. The Morgan fingerprint density at radius 3 is 2.25 bits per heavy atom. The first-order valence-corrected chi connectivity index (χ1v) is 9.00. The third-order valence-corrected chi connectivity index (χ3v) is 4.62. The lowest BCUT2D eigenvalue weighted by atomic mass is 9.83. The van der Waals surface area contributed by atoms with E-state index in [1.54, 1.807) is 0 Å². The van der Waals surface area contributed by atoms with E-state index in [9.17, 15) is 22.0 Å². The molecule has 0 saturated carbocycles. The van der Waals surface area contributed by atoms with Crippen molar-refractivity contribution in [1.29, 1.82) is 0 Å². The summed E-state index contributed by atoms with van der Waals surface area (Å²) in [5.41, 5.74) is 4.48. The number of benzene rings is 1. The van der Waals surface area contributed by atoms with Gasteiger partial charge in [0.15, 0.2) is 0 Å². The Bertz CT molecular complexity index is 779. The van der Waals surface area contributed by atoms with Crippen molar-refractivity contribution in [2.45, 2.75) is 31.6 Å². The van der Waals surface area contributed by atoms with Gasteiger partial charge in [-0.15, -0.1) is 0 Å². The van der Waals surface area contributed by atoms with Crippen LogP contribution in [-0.4, -0.2) is 37.9 Å². The molecule has 8 heteroatoms. The monoisotopic (exact) mass is 402 g/mol. The molecule has 0 aliphatic carbocycles. The van der Waals surface area contributed by atoms with E-state index in [1.165, 1.54) is 30.3 Å². The first-order valence-electron chi connectivity index (χ1n) is 9.00. The van der Waals surface area contributed by atoms with Crippen molar-refractivity contribution in [3.63, 3.8) is 0 Å². The number of nitrogens with two attached hydrogens (primary N) is 1. The van der Waals surface area contributed by atoms with E-state index >= 15 is 0 Å². The molecule has 1 aliphatic heterocycles. The van der Waals surface area contributed by atoms with Crippen LogP contribution in [0.3, 0.4) is 0 Å². The maximum atomic E-state index is 13.6. The minimum Gasteiger partial charge on any atom is -0.490 e. The number of nitrogens with zero attached hydrogens (tertiary/aromatic N) is 1. The summed E-state index contributed by atoms with van der Waals surface area (Å²) in [6, 6.07) is 6.40. The van der Waals surface area contributed by atoms with E-state index < -0.39 is 36.9 Å². The zero-order valence-corrected chi connectivity index (χ0v) is 15.7. The van der Waals surface area contributed by atoms with Gasteiger partial charge in [-0.1, -0.05) is 13.8 Å². The van der Waals surface area contributed by atoms with Gasteiger partial charge in [-0.25, -0.2) is 26.9 Å². The predicted molar refractivity (Wildman–Crippen MR) is 97.9 cm³/mol. The number of hydrogen-bond donors (Lipinski definition) is 1. The lowest BCUT2D eigenvalue weighted by Gasteiger charge is -2.22. The van der Waals surface area contributed by atoms with Crippen LogP contribution < -0.4 is 10.5 Å². The second-order valence-corrected chi connectivity index (χ2v) is 6.29. The fourth-order valence-electron chi connectivity index (χ4n) is 2.98. The molecule has 0 saturated heterocycles. The third kappa shape index (κ3) is 3.97. The van der Waals surface area contributed by atoms with Gasteiger partial charge >= 0.3 is 0 Å². The number of ether oxygens (including phenoxy) is 1. The Balaban J connectivity index is 0.00000136. The second-order valence-electron chi connectivity index (χ2n) is 6.29. The topological polar surface area (TPSA) is 48.1 Å². The summed E-state index contributed by atoms with van der Waals surface area (Å²) in [5, 5.41) is 0. The van der Waals surface area contributed by atoms with Crippen molar-refractivity contribution in [2.75, 3.05) is 26.5 Å². The highest BCUT2D eigenvalue weighted by Crippen LogP contribution is 2.46. The number of aromatic nitrogens is 1. The van der Waals surface area contributed by atoms with Crippen LogP contribution in [-0.2, 0) is 5.41 Å². The fraction of sp³-hybridized carbons (Fsp3) is 0.450. The molecule has 0 spiro atoms. The maximum Gasteiger partial charge on any atom is 0.248 e. The molecule has 1 unspecified atom stereocenters. The summed E-state index contributed by atoms with van der Waals surface area (Å²) in [7, 11) is 0. The summed E-state index contributed by atoms with van der Waals surface area (Å²) < 4.78 is 72.6. The summed E-state index contributed by atoms with van der Waals surface area (Å²) >= 11 is 0. The number of alkyl halides is 4. The van der Waals surface area contributed by atoms with Crippen LogP contribution in [0.25, 0.3) is 11.3 Å². The minimum absolute atomic E-state index is 0.0719. The standard InChI is InChI=1S/C18H17F5N2O.C2H6/c19-7-18(8-20)9-26-16-13(18)5-14(12(6-24)17(22)23)25-15(16)10-1-3-11(21)4-2-10;1-2/h1-5,12,17H,6-9,24H2;1-2H3. The molecule has 3 rings (SSSR count). The van der Waals surface area contributed by atoms with Gasteiger partial charge in [0.25, 0.3) is 0 Å². The normalized spacial score (nSPS) is 15.5. The number of hydrogen-bond acceptors (Lipinski definition) is 3. The second kappa shape index (κ2) is 9.32. The van der Waals surface area contributed by atoms with Crippen molar-refractivity contribution < 1.29 is 26.7 Å². The van der Waals surface area contributed by atoms with Crippen molar-refractivity contribution in [3.05, 3.63) is 47.4 Å². The molecule has 0 fully saturated rings. The van der Waals surface area contributed by atoms with Crippen LogP contribution in [0.4, 0.5) is 22.0 Å². The first kappa shape index (κ1) is 22.1. The van der Waals surface area contributed by atoms with Crippen molar-refractivity contribution >= 4 is 0 Å². The summed E-state index contributed by atoms with van der Waals surface area (Å²) in [6.45, 7) is 1.25. The average molecular weight is 402 g/mol. The number of pyridine rings is 1. The predicted octanol–water partition coefficient (Wildman–Crippen LogP) is 4.79. The number of rotatable bonds is 6. The van der Waals surface area contributed by atoms with Crippen LogP contribution >= 0.6 is 0 Å². The molecule has 0 bridgehead atoms. The highest BCUT2D eigenvalue weighted by atomic mass is 19.3. The van der Waals surface area contributed by atoms with Crippen LogP contribution in [0.2, 0.25) is 0 Å². The Hall–Kier alpha value is -2.22. The zero-order chi connectivity index (χ0) is 20.9. The molecular weight excluding hydrogens is 379 g/mol. The van der Waals surface area contributed by atoms with Gasteiger partial charge in [0.2, 0.25) is 6.43 Å². The van der Waals surface area contributed by atoms with Gasteiger partial charge in [-0.3, -0.25) is 0 Å². The number of fused-ring (bicyclic) bond motifs is 1. The average Bonchev–Trinajstić information content (AvgIpc) is 3.09. The van der Waals surface area contributed by atoms with E-state index in [4.69, 9.17) is 10.5 Å². The molecule has 0 amide bonds. The molecule has 2 N–H and O–H groups in total. The summed E-state index contributed by atoms with van der Waals surface area (Å²) in [5.74, 6) is -1.76. The molecule has 3 nitrogen and oxygen atoms in total. The van der Waals surface area contributed by atoms with Crippen LogP contribution in [0.1, 0.15) is 31.0 Å². The Morgan fingerprint density at radius 1 is 1.14 bits per heavy atom. The highest BCUT2D eigenvalue weighted by molar-refractivity contribution is 5.71. The maximum absolute atomic E-state index is 13.6. The van der Waals surface area contributed by atoms with E-state index in [0.717, 1.165) is 0 Å². The fourth-order valence-corrected chi connectivity index (χ4v) is 2.98. The first-order chi connectivity index (χ1) is 13.5. The smallest absolute Gasteiger partial charge is 0.248 e. The zero-order valence-electron chi connectivity index (χ0n) is 15.7. The third-order valence-electron chi connectivity index (χ3n) is 4.62. The van der Waals surface area contributed by atoms with Gasteiger partial charge in [0.1, 0.15) is 37.2 Å². The van der Waals surface area contributed by atoms with Gasteiger partial charge in [0.05, 0.1) is 17.0 Å². The SMILES string of the molecule is CC.NCC(c1cc2c(c(-c3ccc(F)cc3)n1)OCC2(CF)CF)C(F)F. The molecule has 1 aliphatic rings. The lowest BCUT2D eigenvalue weighted by Crippen LogP contribution is -2.33. The van der Waals surface area contributed by atoms with E-state index in [1.807, 2.05) is 13.8 Å². The minimum atomic E-state index is -2.79. The van der Waals surface area contributed by atoms with Crippen molar-refractivity contribution in [3.8, 4) is 17.0 Å². The van der Waals surface area contributed by atoms with E-state index in [2.05, 4.69) is 4.98 Å². The van der Waals surface area contributed by atoms with Gasteiger partial charge in [-0.05, 0) is 30.3 Å². The molecule has 1 aromatic carbocycles. The Kier molecular flexibility index (Phi) is 7.35. The van der Waals surface area contributed by atoms with Gasteiger partial charge < -0.3 is 10.5 Å². The summed E-state index contributed by atoms with van der Waals surface area (Å²) in [6.07, 6.45) is -2.79. The van der Waals surface area contributed by atoms with Crippen LogP contribution in [0.5, 0.6) is 5.75 Å². The van der Waals surface area contributed by atoms with Gasteiger partial charge in [-0.2, -0.15) is 0 Å². The van der Waals surface area contributed by atoms with Crippen LogP contribution in [0, 0.1) is 5.82 Å². The molecule has 154 valence electrons. The molecule has 0 radical (unpaired) electrons. The van der Waals surface area contributed by atoms with E-state index in [-0.39, 0.29) is 35.9 Å². The number of halogens is 5. The summed E-state index contributed by atoms with van der Waals surface area (Å²) in [4.78, 5) is 4.22. The molecule has 1 aromatic heterocycles. The van der Waals surface area contributed by atoms with Gasteiger partial charge in [0, 0.05) is 17.7 Å². The highest BCUT2D eigenvalue weighted by Gasteiger charge is 2.44. The Labute approximate surface area is 160 Å². The molecule has 2 aromatic rings. The van der Waals surface area contributed by atoms with Crippen LogP contribution in [0.15, 0.2) is 30.3 Å². The Morgan fingerprint density at radius 2 is 1.75 bits per heavy atom. The molecule has 28 heavy (non-hydrogen) atoms. The quantitative estimate of drug-likeness (QED) is 0.707.